The fourth-order valence-electron chi connectivity index (χ4n) is 1.07. The normalized spacial score (nSPS) is 10.1. The summed E-state index contributed by atoms with van der Waals surface area (Å²) >= 11 is 0. The van der Waals surface area contributed by atoms with Crippen LogP contribution in [0.25, 0.3) is 0 Å². The van der Waals surface area contributed by atoms with Crippen molar-refractivity contribution < 1.29 is 18.5 Å². The first-order chi connectivity index (χ1) is 6.97. The Balaban J connectivity index is 3.37. The molecule has 6 heteroatoms. The summed E-state index contributed by atoms with van der Waals surface area (Å²) in [6.07, 6.45) is -0.0441. The molecule has 0 saturated heterocycles. The summed E-state index contributed by atoms with van der Waals surface area (Å²) in [6, 6.07) is 1.19. The van der Waals surface area contributed by atoms with Gasteiger partial charge in [0.2, 0.25) is 0 Å². The summed E-state index contributed by atoms with van der Waals surface area (Å²) in [5.74, 6) is -3.40. The largest absolute Gasteiger partial charge is 0.294 e. The lowest BCUT2D eigenvalue weighted by atomic mass is 10.1. The van der Waals surface area contributed by atoms with Crippen LogP contribution in [0, 0.1) is 21.7 Å². The Morgan fingerprint density at radius 1 is 1.47 bits per heavy atom. The van der Waals surface area contributed by atoms with Gasteiger partial charge in [-0.1, -0.05) is 6.92 Å². The number of halogens is 2. The van der Waals surface area contributed by atoms with Crippen molar-refractivity contribution in [1.82, 2.24) is 0 Å². The van der Waals surface area contributed by atoms with Crippen molar-refractivity contribution in [3.05, 3.63) is 39.4 Å². The van der Waals surface area contributed by atoms with Crippen molar-refractivity contribution in [2.75, 3.05) is 0 Å². The average Bonchev–Trinajstić information content (AvgIpc) is 2.20. The third-order valence-electron chi connectivity index (χ3n) is 1.85. The van der Waals surface area contributed by atoms with Crippen molar-refractivity contribution in [3.8, 4) is 0 Å². The highest BCUT2D eigenvalue weighted by atomic mass is 19.2. The van der Waals surface area contributed by atoms with Crippen molar-refractivity contribution in [3.63, 3.8) is 0 Å². The first-order valence-electron chi connectivity index (χ1n) is 4.14. The molecule has 15 heavy (non-hydrogen) atoms. The van der Waals surface area contributed by atoms with E-state index in [0.29, 0.717) is 6.07 Å². The van der Waals surface area contributed by atoms with Crippen molar-refractivity contribution >= 4 is 11.5 Å². The van der Waals surface area contributed by atoms with E-state index in [0.717, 1.165) is 6.07 Å². The molecule has 0 unspecified atom stereocenters. The van der Waals surface area contributed by atoms with Crippen LogP contribution in [-0.4, -0.2) is 10.7 Å². The summed E-state index contributed by atoms with van der Waals surface area (Å²) < 4.78 is 25.9. The number of carbonyl (C=O) groups excluding carboxylic acids is 1. The smallest absolute Gasteiger partial charge is 0.273 e. The van der Waals surface area contributed by atoms with Gasteiger partial charge in [0.15, 0.2) is 17.4 Å². The van der Waals surface area contributed by atoms with Gasteiger partial charge in [-0.2, -0.15) is 0 Å². The van der Waals surface area contributed by atoms with Crippen LogP contribution in [0.1, 0.15) is 23.7 Å². The van der Waals surface area contributed by atoms with E-state index >= 15 is 0 Å². The van der Waals surface area contributed by atoms with E-state index in [1.54, 1.807) is 0 Å². The molecular formula is C9H7F2NO3. The van der Waals surface area contributed by atoms with Gasteiger partial charge in [-0.15, -0.1) is 0 Å². The number of ketones is 1. The van der Waals surface area contributed by atoms with Crippen molar-refractivity contribution in [1.29, 1.82) is 0 Å². The van der Waals surface area contributed by atoms with E-state index in [-0.39, 0.29) is 6.42 Å². The van der Waals surface area contributed by atoms with Crippen molar-refractivity contribution in [2.45, 2.75) is 13.3 Å². The first-order valence-corrected chi connectivity index (χ1v) is 4.14. The maximum atomic E-state index is 13.1. The first kappa shape index (κ1) is 11.2. The van der Waals surface area contributed by atoms with E-state index in [4.69, 9.17) is 0 Å². The van der Waals surface area contributed by atoms with Crippen LogP contribution < -0.4 is 0 Å². The molecule has 1 rings (SSSR count). The van der Waals surface area contributed by atoms with Crippen LogP contribution in [0.3, 0.4) is 0 Å². The van der Waals surface area contributed by atoms with Gasteiger partial charge in [0.05, 0.1) is 16.6 Å². The summed E-state index contributed by atoms with van der Waals surface area (Å²) in [5, 5.41) is 10.3. The van der Waals surface area contributed by atoms with Crippen molar-refractivity contribution in [2.24, 2.45) is 0 Å². The average molecular weight is 215 g/mol. The molecule has 80 valence electrons. The van der Waals surface area contributed by atoms with E-state index in [1.807, 2.05) is 0 Å². The molecule has 4 nitrogen and oxygen atoms in total. The summed E-state index contributed by atoms with van der Waals surface area (Å²) in [4.78, 5) is 20.6. The predicted octanol–water partition coefficient (Wildman–Crippen LogP) is 2.47. The number of nitro groups is 1. The number of hydrogen-bond acceptors (Lipinski definition) is 3. The second-order valence-corrected chi connectivity index (χ2v) is 2.82. The number of nitro benzene ring substituents is 1. The Morgan fingerprint density at radius 3 is 2.53 bits per heavy atom. The minimum atomic E-state index is -1.39. The standard InChI is InChI=1S/C9H7F2NO3/c1-2-8(13)6-3-5(12(14)15)4-7(10)9(6)11/h3-4H,2H2,1H3. The van der Waals surface area contributed by atoms with Crippen LogP contribution in [0.15, 0.2) is 12.1 Å². The number of rotatable bonds is 3. The zero-order valence-electron chi connectivity index (χ0n) is 7.79. The Hall–Kier alpha value is -1.85. The van der Waals surface area contributed by atoms with Crippen LogP contribution >= 0.6 is 0 Å². The monoisotopic (exact) mass is 215 g/mol. The zero-order chi connectivity index (χ0) is 11.6. The molecule has 0 aliphatic rings. The van der Waals surface area contributed by atoms with E-state index in [2.05, 4.69) is 0 Å². The van der Waals surface area contributed by atoms with E-state index in [1.165, 1.54) is 6.92 Å². The lowest BCUT2D eigenvalue weighted by Gasteiger charge is -2.01. The van der Waals surface area contributed by atoms with Crippen LogP contribution in [0.4, 0.5) is 14.5 Å². The maximum absolute atomic E-state index is 13.1. The Kier molecular flexibility index (Phi) is 3.08. The lowest BCUT2D eigenvalue weighted by molar-refractivity contribution is -0.385. The Labute approximate surface area is 83.7 Å². The topological polar surface area (TPSA) is 60.2 Å². The molecule has 0 radical (unpaired) electrons. The molecular weight excluding hydrogens is 208 g/mol. The number of hydrogen-bond donors (Lipinski definition) is 0. The fraction of sp³-hybridized carbons (Fsp3) is 0.222. The highest BCUT2D eigenvalue weighted by Crippen LogP contribution is 2.21. The molecule has 0 aliphatic carbocycles. The quantitative estimate of drug-likeness (QED) is 0.442. The number of benzene rings is 1. The maximum Gasteiger partial charge on any atom is 0.273 e. The molecule has 0 heterocycles. The molecule has 1 aromatic carbocycles. The van der Waals surface area contributed by atoms with Gasteiger partial charge in [0.25, 0.3) is 5.69 Å². The number of Topliss-reactive ketones (excluding diaryl/α,β-unsaturated/α-hetero) is 1. The van der Waals surface area contributed by atoms with Gasteiger partial charge >= 0.3 is 0 Å². The second-order valence-electron chi connectivity index (χ2n) is 2.82. The van der Waals surface area contributed by atoms with Gasteiger partial charge in [0.1, 0.15) is 0 Å². The molecule has 0 bridgehead atoms. The molecule has 0 saturated carbocycles. The molecule has 0 amide bonds. The number of nitrogens with zero attached hydrogens (tertiary/aromatic N) is 1. The summed E-state index contributed by atoms with van der Waals surface area (Å²) in [6.45, 7) is 1.46. The fourth-order valence-corrected chi connectivity index (χ4v) is 1.07. The SMILES string of the molecule is CCC(=O)c1cc([N+](=O)[O-])cc(F)c1F. The predicted molar refractivity (Wildman–Crippen MR) is 47.6 cm³/mol. The summed E-state index contributed by atoms with van der Waals surface area (Å²) in [7, 11) is 0. The van der Waals surface area contributed by atoms with Crippen LogP contribution in [-0.2, 0) is 0 Å². The molecule has 0 aromatic heterocycles. The van der Waals surface area contributed by atoms with Gasteiger partial charge in [-0.25, -0.2) is 8.78 Å². The summed E-state index contributed by atoms with van der Waals surface area (Å²) in [5.41, 5.74) is -1.21. The van der Waals surface area contributed by atoms with Gasteiger partial charge in [-0.3, -0.25) is 14.9 Å². The third kappa shape index (κ3) is 2.15. The molecule has 0 aliphatic heterocycles. The zero-order valence-corrected chi connectivity index (χ0v) is 7.79. The van der Waals surface area contributed by atoms with E-state index < -0.39 is 33.6 Å². The molecule has 0 atom stereocenters. The molecule has 0 spiro atoms. The molecule has 0 fully saturated rings. The second kappa shape index (κ2) is 4.12. The van der Waals surface area contributed by atoms with Crippen LogP contribution in [0.2, 0.25) is 0 Å². The minimum absolute atomic E-state index is 0.0441. The minimum Gasteiger partial charge on any atom is -0.294 e. The third-order valence-corrected chi connectivity index (χ3v) is 1.85. The molecule has 0 N–H and O–H groups in total. The van der Waals surface area contributed by atoms with E-state index in [9.17, 15) is 23.7 Å². The number of non-ortho nitro benzene ring substituents is 1. The van der Waals surface area contributed by atoms with Crippen LogP contribution in [0.5, 0.6) is 0 Å². The number of carbonyl (C=O) groups is 1. The Bertz CT molecular complexity index is 432. The van der Waals surface area contributed by atoms with Gasteiger partial charge in [0, 0.05) is 12.5 Å². The molecule has 1 aromatic rings. The van der Waals surface area contributed by atoms with Gasteiger partial charge in [-0.05, 0) is 0 Å². The lowest BCUT2D eigenvalue weighted by Crippen LogP contribution is -2.04. The highest BCUT2D eigenvalue weighted by molar-refractivity contribution is 5.96. The Morgan fingerprint density at radius 2 is 2.07 bits per heavy atom. The highest BCUT2D eigenvalue weighted by Gasteiger charge is 2.20. The van der Waals surface area contributed by atoms with Gasteiger partial charge < -0.3 is 0 Å².